The second kappa shape index (κ2) is 13.1. The van der Waals surface area contributed by atoms with E-state index in [1.54, 1.807) is 0 Å². The van der Waals surface area contributed by atoms with Crippen molar-refractivity contribution in [2.75, 3.05) is 39.4 Å². The van der Waals surface area contributed by atoms with Crippen molar-refractivity contribution < 1.29 is 9.53 Å². The van der Waals surface area contributed by atoms with Crippen LogP contribution in [0.25, 0.3) is 0 Å². The summed E-state index contributed by atoms with van der Waals surface area (Å²) in [5.41, 5.74) is 0. The molecule has 0 heterocycles. The molecule has 0 rings (SSSR count). The van der Waals surface area contributed by atoms with E-state index in [9.17, 15) is 4.79 Å². The number of rotatable bonds is 10. The van der Waals surface area contributed by atoms with Gasteiger partial charge in [0.25, 0.3) is 0 Å². The summed E-state index contributed by atoms with van der Waals surface area (Å²) in [5.74, 6) is 0.781. The molecule has 112 valence electrons. The van der Waals surface area contributed by atoms with Crippen LogP contribution >= 0.6 is 0 Å². The number of aliphatic imine (C=N–C) groups is 1. The van der Waals surface area contributed by atoms with E-state index in [2.05, 4.69) is 20.9 Å². The molecule has 0 aliphatic carbocycles. The third-order valence-electron chi connectivity index (χ3n) is 2.31. The maximum atomic E-state index is 10.7. The first kappa shape index (κ1) is 17.7. The normalized spacial score (nSPS) is 11.2. The average Bonchev–Trinajstić information content (AvgIpc) is 2.38. The number of carbonyl (C=O) groups excluding carboxylic acids is 1. The van der Waals surface area contributed by atoms with Crippen LogP contribution in [-0.2, 0) is 9.53 Å². The van der Waals surface area contributed by atoms with Gasteiger partial charge in [0.1, 0.15) is 0 Å². The highest BCUT2D eigenvalue weighted by Gasteiger charge is 1.96. The minimum Gasteiger partial charge on any atom is -0.382 e. The van der Waals surface area contributed by atoms with E-state index in [1.807, 2.05) is 13.8 Å². The van der Waals surface area contributed by atoms with Crippen molar-refractivity contribution in [3.05, 3.63) is 0 Å². The molecule has 0 saturated carbocycles. The van der Waals surface area contributed by atoms with Gasteiger partial charge in [0.15, 0.2) is 5.96 Å². The molecule has 6 nitrogen and oxygen atoms in total. The average molecular weight is 272 g/mol. The molecule has 6 heteroatoms. The summed E-state index contributed by atoms with van der Waals surface area (Å²) in [6.45, 7) is 10.00. The van der Waals surface area contributed by atoms with E-state index >= 15 is 0 Å². The van der Waals surface area contributed by atoms with Crippen LogP contribution in [0.3, 0.4) is 0 Å². The first-order valence-corrected chi connectivity index (χ1v) is 7.05. The van der Waals surface area contributed by atoms with E-state index in [1.165, 1.54) is 6.92 Å². The number of carbonyl (C=O) groups is 1. The number of amides is 1. The number of nitrogens with zero attached hydrogens (tertiary/aromatic N) is 1. The number of nitrogens with one attached hydrogen (secondary N) is 3. The van der Waals surface area contributed by atoms with Gasteiger partial charge in [0, 0.05) is 46.3 Å². The fraction of sp³-hybridized carbons (Fsp3) is 0.846. The number of unbranched alkanes of at least 4 members (excludes halogenated alkanes) is 1. The van der Waals surface area contributed by atoms with Gasteiger partial charge >= 0.3 is 0 Å². The van der Waals surface area contributed by atoms with Crippen molar-refractivity contribution in [2.45, 2.75) is 33.6 Å². The van der Waals surface area contributed by atoms with Crippen LogP contribution in [0.5, 0.6) is 0 Å². The van der Waals surface area contributed by atoms with Crippen molar-refractivity contribution in [1.29, 1.82) is 0 Å². The highest BCUT2D eigenvalue weighted by molar-refractivity contribution is 5.79. The number of ether oxygens (including phenoxy) is 1. The molecule has 0 aliphatic rings. The summed E-state index contributed by atoms with van der Waals surface area (Å²) in [6, 6.07) is 0. The van der Waals surface area contributed by atoms with Crippen LogP contribution in [0, 0.1) is 0 Å². The second-order valence-corrected chi connectivity index (χ2v) is 4.07. The summed E-state index contributed by atoms with van der Waals surface area (Å²) in [5, 5.41) is 9.07. The lowest BCUT2D eigenvalue weighted by molar-refractivity contribution is -0.118. The predicted molar refractivity (Wildman–Crippen MR) is 78.4 cm³/mol. The number of hydrogen-bond acceptors (Lipinski definition) is 3. The minimum absolute atomic E-state index is 0.0142. The van der Waals surface area contributed by atoms with E-state index < -0.39 is 0 Å². The van der Waals surface area contributed by atoms with Gasteiger partial charge < -0.3 is 20.7 Å². The van der Waals surface area contributed by atoms with Crippen LogP contribution in [0.2, 0.25) is 0 Å². The van der Waals surface area contributed by atoms with Gasteiger partial charge in [0.05, 0.1) is 0 Å². The van der Waals surface area contributed by atoms with Crippen molar-refractivity contribution in [3.63, 3.8) is 0 Å². The molecule has 1 amide bonds. The van der Waals surface area contributed by atoms with Crippen LogP contribution in [0.4, 0.5) is 0 Å². The van der Waals surface area contributed by atoms with Gasteiger partial charge in [0.2, 0.25) is 5.91 Å². The van der Waals surface area contributed by atoms with Crippen LogP contribution in [0.1, 0.15) is 33.6 Å². The maximum Gasteiger partial charge on any atom is 0.216 e. The Morgan fingerprint density at radius 2 is 1.84 bits per heavy atom. The van der Waals surface area contributed by atoms with Gasteiger partial charge in [-0.3, -0.25) is 9.79 Å². The van der Waals surface area contributed by atoms with Crippen molar-refractivity contribution >= 4 is 11.9 Å². The summed E-state index contributed by atoms with van der Waals surface area (Å²) >= 11 is 0. The molecule has 0 aliphatic heterocycles. The highest BCUT2D eigenvalue weighted by Crippen LogP contribution is 1.90. The van der Waals surface area contributed by atoms with E-state index in [4.69, 9.17) is 4.74 Å². The molecule has 0 atom stereocenters. The van der Waals surface area contributed by atoms with Gasteiger partial charge in [-0.1, -0.05) is 0 Å². The molecule has 0 unspecified atom stereocenters. The summed E-state index contributed by atoms with van der Waals surface area (Å²) in [4.78, 5) is 15.2. The smallest absolute Gasteiger partial charge is 0.216 e. The Labute approximate surface area is 116 Å². The molecule has 3 N–H and O–H groups in total. The molecular formula is C13H28N4O2. The molecule has 0 aromatic heterocycles. The topological polar surface area (TPSA) is 74.8 Å². The fourth-order valence-corrected chi connectivity index (χ4v) is 1.41. The zero-order chi connectivity index (χ0) is 14.3. The van der Waals surface area contributed by atoms with Crippen LogP contribution in [-0.4, -0.2) is 51.3 Å². The Bertz CT molecular complexity index is 257. The summed E-state index contributed by atoms with van der Waals surface area (Å²) in [7, 11) is 0. The SMILES string of the molecule is CCNC(=NCCCCOCC)NCCNC(C)=O. The lowest BCUT2D eigenvalue weighted by Gasteiger charge is -2.11. The number of hydrogen-bond donors (Lipinski definition) is 3. The number of guanidine groups is 1. The molecule has 0 spiro atoms. The molecule has 0 fully saturated rings. The first-order chi connectivity index (χ1) is 9.20. The first-order valence-electron chi connectivity index (χ1n) is 7.05. The van der Waals surface area contributed by atoms with Crippen LogP contribution < -0.4 is 16.0 Å². The van der Waals surface area contributed by atoms with E-state index in [-0.39, 0.29) is 5.91 Å². The quantitative estimate of drug-likeness (QED) is 0.307. The zero-order valence-electron chi connectivity index (χ0n) is 12.4. The minimum atomic E-state index is -0.0142. The summed E-state index contributed by atoms with van der Waals surface area (Å²) < 4.78 is 5.27. The maximum absolute atomic E-state index is 10.7. The van der Waals surface area contributed by atoms with E-state index in [0.29, 0.717) is 13.1 Å². The molecule has 0 radical (unpaired) electrons. The monoisotopic (exact) mass is 272 g/mol. The van der Waals surface area contributed by atoms with Gasteiger partial charge in [-0.25, -0.2) is 0 Å². The van der Waals surface area contributed by atoms with E-state index in [0.717, 1.165) is 45.1 Å². The van der Waals surface area contributed by atoms with Gasteiger partial charge in [-0.15, -0.1) is 0 Å². The Morgan fingerprint density at radius 3 is 2.47 bits per heavy atom. The molecule has 0 aromatic carbocycles. The zero-order valence-corrected chi connectivity index (χ0v) is 12.4. The standard InChI is InChI=1S/C13H28N4O2/c1-4-14-13(17-10-9-15-12(3)18)16-8-6-7-11-19-5-2/h4-11H2,1-3H3,(H,15,18)(H2,14,16,17). The molecule has 0 aromatic rings. The Hall–Kier alpha value is -1.30. The Kier molecular flexibility index (Phi) is 12.2. The van der Waals surface area contributed by atoms with Crippen molar-refractivity contribution in [3.8, 4) is 0 Å². The Morgan fingerprint density at radius 1 is 1.11 bits per heavy atom. The van der Waals surface area contributed by atoms with Crippen LogP contribution in [0.15, 0.2) is 4.99 Å². The molecule has 19 heavy (non-hydrogen) atoms. The largest absolute Gasteiger partial charge is 0.382 e. The van der Waals surface area contributed by atoms with Crippen molar-refractivity contribution in [2.24, 2.45) is 4.99 Å². The molecule has 0 saturated heterocycles. The third kappa shape index (κ3) is 12.9. The molecule has 0 bridgehead atoms. The third-order valence-corrected chi connectivity index (χ3v) is 2.31. The molecular weight excluding hydrogens is 244 g/mol. The lowest BCUT2D eigenvalue weighted by atomic mass is 10.3. The fourth-order valence-electron chi connectivity index (χ4n) is 1.41. The Balaban J connectivity index is 3.72. The highest BCUT2D eigenvalue weighted by atomic mass is 16.5. The second-order valence-electron chi connectivity index (χ2n) is 4.07. The predicted octanol–water partition coefficient (Wildman–Crippen LogP) is 0.494. The van der Waals surface area contributed by atoms with Crippen molar-refractivity contribution in [1.82, 2.24) is 16.0 Å². The summed E-state index contributed by atoms with van der Waals surface area (Å²) in [6.07, 6.45) is 2.05. The van der Waals surface area contributed by atoms with Gasteiger partial charge in [-0.05, 0) is 26.7 Å². The lowest BCUT2D eigenvalue weighted by Crippen LogP contribution is -2.41. The van der Waals surface area contributed by atoms with Gasteiger partial charge in [-0.2, -0.15) is 0 Å².